The van der Waals surface area contributed by atoms with E-state index in [9.17, 15) is 19.0 Å². The van der Waals surface area contributed by atoms with Gasteiger partial charge in [0.05, 0.1) is 13.2 Å². The summed E-state index contributed by atoms with van der Waals surface area (Å²) in [5.74, 6) is -0.801. The van der Waals surface area contributed by atoms with Gasteiger partial charge in [0.1, 0.15) is 6.61 Å². The third-order valence-corrected chi connectivity index (χ3v) is 12.0. The number of hydrogen-bond acceptors (Lipinski definition) is 8. The van der Waals surface area contributed by atoms with Gasteiger partial charge in [0, 0.05) is 19.4 Å². The number of phosphoric acid groups is 1. The van der Waals surface area contributed by atoms with Crippen molar-refractivity contribution in [2.45, 2.75) is 251 Å². The predicted molar refractivity (Wildman–Crippen MR) is 252 cm³/mol. The van der Waals surface area contributed by atoms with E-state index in [0.717, 1.165) is 38.5 Å². The minimum Gasteiger partial charge on any atom is -0.462 e. The lowest BCUT2D eigenvalue weighted by Gasteiger charge is -2.20. The van der Waals surface area contributed by atoms with Gasteiger partial charge in [0.15, 0.2) is 6.10 Å². The molecule has 0 saturated carbocycles. The Balaban J connectivity index is 4.11. The first-order chi connectivity index (χ1) is 29.3. The van der Waals surface area contributed by atoms with Crippen LogP contribution >= 0.6 is 7.82 Å². The van der Waals surface area contributed by atoms with Gasteiger partial charge in [-0.2, -0.15) is 0 Å². The van der Waals surface area contributed by atoms with E-state index in [-0.39, 0.29) is 32.0 Å². The first kappa shape index (κ1) is 58.5. The molecule has 2 atom stereocenters. The third kappa shape index (κ3) is 46.0. The number of unbranched alkanes of at least 4 members (excludes halogenated alkanes) is 30. The summed E-state index contributed by atoms with van der Waals surface area (Å²) >= 11 is 0. The van der Waals surface area contributed by atoms with Crippen LogP contribution in [0.25, 0.3) is 0 Å². The largest absolute Gasteiger partial charge is 0.472 e. The Labute approximate surface area is 370 Å². The summed E-state index contributed by atoms with van der Waals surface area (Å²) in [6, 6.07) is 0. The van der Waals surface area contributed by atoms with Crippen LogP contribution in [0.5, 0.6) is 0 Å². The number of hydrogen-bond donors (Lipinski definition) is 2. The van der Waals surface area contributed by atoms with E-state index in [4.69, 9.17) is 18.5 Å². The molecule has 0 spiro atoms. The highest BCUT2D eigenvalue weighted by Crippen LogP contribution is 2.43. The van der Waals surface area contributed by atoms with E-state index < -0.39 is 26.5 Å². The molecule has 2 unspecified atom stereocenters. The number of ether oxygens (including phenoxy) is 2. The number of phosphoric ester groups is 1. The smallest absolute Gasteiger partial charge is 0.462 e. The maximum atomic E-state index is 12.7. The molecular formula is C50H96NO8P. The number of allylic oxidation sites excluding steroid dienone is 4. The minimum absolute atomic E-state index is 0.0159. The lowest BCUT2D eigenvalue weighted by atomic mass is 10.1. The molecular weight excluding hydrogens is 774 g/mol. The highest BCUT2D eigenvalue weighted by Gasteiger charge is 2.26. The number of nitrogens with one attached hydrogen (secondary N) is 1. The fourth-order valence-corrected chi connectivity index (χ4v) is 7.94. The van der Waals surface area contributed by atoms with E-state index in [1.54, 1.807) is 7.05 Å². The molecule has 0 aromatic carbocycles. The van der Waals surface area contributed by atoms with Gasteiger partial charge in [-0.15, -0.1) is 0 Å². The van der Waals surface area contributed by atoms with Crippen LogP contribution in [0.1, 0.15) is 245 Å². The van der Waals surface area contributed by atoms with Crippen LogP contribution < -0.4 is 5.32 Å². The van der Waals surface area contributed by atoms with Crippen LogP contribution in [0.3, 0.4) is 0 Å². The van der Waals surface area contributed by atoms with Crippen molar-refractivity contribution >= 4 is 19.8 Å². The van der Waals surface area contributed by atoms with Gasteiger partial charge < -0.3 is 19.7 Å². The van der Waals surface area contributed by atoms with E-state index in [0.29, 0.717) is 13.0 Å². The van der Waals surface area contributed by atoms with Gasteiger partial charge in [-0.25, -0.2) is 4.57 Å². The number of esters is 2. The molecule has 9 nitrogen and oxygen atoms in total. The Hall–Kier alpha value is -1.51. The molecule has 0 aliphatic heterocycles. The summed E-state index contributed by atoms with van der Waals surface area (Å²) in [5, 5.41) is 2.83. The van der Waals surface area contributed by atoms with Crippen molar-refractivity contribution in [3.63, 3.8) is 0 Å². The van der Waals surface area contributed by atoms with Gasteiger partial charge in [-0.3, -0.25) is 18.6 Å². The average Bonchev–Trinajstić information content (AvgIpc) is 3.23. The second-order valence-corrected chi connectivity index (χ2v) is 18.4. The predicted octanol–water partition coefficient (Wildman–Crippen LogP) is 15.0. The quantitative estimate of drug-likeness (QED) is 0.0266. The van der Waals surface area contributed by atoms with Crippen molar-refractivity contribution in [2.24, 2.45) is 0 Å². The van der Waals surface area contributed by atoms with Crippen molar-refractivity contribution in [3.05, 3.63) is 24.3 Å². The zero-order valence-corrected chi connectivity index (χ0v) is 40.3. The van der Waals surface area contributed by atoms with Gasteiger partial charge in [0.25, 0.3) is 0 Å². The lowest BCUT2D eigenvalue weighted by Crippen LogP contribution is -2.29. The Morgan fingerprint density at radius 1 is 0.500 bits per heavy atom. The molecule has 0 amide bonds. The first-order valence-corrected chi connectivity index (χ1v) is 26.8. The molecule has 0 aromatic rings. The number of likely N-dealkylation sites (N-methyl/N-ethyl adjacent to an activating group) is 1. The Bertz CT molecular complexity index is 1040. The molecule has 60 heavy (non-hydrogen) atoms. The molecule has 0 radical (unpaired) electrons. The fraction of sp³-hybridized carbons (Fsp3) is 0.880. The second kappa shape index (κ2) is 47.0. The molecule has 0 aromatic heterocycles. The maximum absolute atomic E-state index is 12.7. The van der Waals surface area contributed by atoms with E-state index >= 15 is 0 Å². The van der Waals surface area contributed by atoms with E-state index in [1.807, 2.05) is 0 Å². The van der Waals surface area contributed by atoms with Crippen LogP contribution in [0.15, 0.2) is 24.3 Å². The van der Waals surface area contributed by atoms with Crippen molar-refractivity contribution in [1.82, 2.24) is 5.32 Å². The molecule has 354 valence electrons. The second-order valence-electron chi connectivity index (χ2n) is 17.0. The summed E-state index contributed by atoms with van der Waals surface area (Å²) in [5.41, 5.74) is 0. The molecule has 0 fully saturated rings. The minimum atomic E-state index is -4.35. The van der Waals surface area contributed by atoms with Gasteiger partial charge >= 0.3 is 19.8 Å². The Kier molecular flexibility index (Phi) is 45.8. The molecule has 0 bridgehead atoms. The third-order valence-electron chi connectivity index (χ3n) is 11.0. The number of carbonyl (C=O) groups is 2. The molecule has 2 N–H and O–H groups in total. The van der Waals surface area contributed by atoms with Crippen molar-refractivity contribution < 1.29 is 37.6 Å². The zero-order valence-electron chi connectivity index (χ0n) is 39.4. The van der Waals surface area contributed by atoms with Crippen LogP contribution in [-0.2, 0) is 32.7 Å². The number of rotatable bonds is 48. The van der Waals surface area contributed by atoms with Gasteiger partial charge in [0.2, 0.25) is 0 Å². The molecule has 0 saturated heterocycles. The summed E-state index contributed by atoms with van der Waals surface area (Å²) in [6.07, 6.45) is 50.8. The summed E-state index contributed by atoms with van der Waals surface area (Å²) < 4.78 is 33.3. The van der Waals surface area contributed by atoms with Crippen LogP contribution in [-0.4, -0.2) is 56.3 Å². The summed E-state index contributed by atoms with van der Waals surface area (Å²) in [7, 11) is -2.65. The Morgan fingerprint density at radius 3 is 1.23 bits per heavy atom. The molecule has 0 aliphatic carbocycles. The highest BCUT2D eigenvalue weighted by molar-refractivity contribution is 7.47. The topological polar surface area (TPSA) is 120 Å². The van der Waals surface area contributed by atoms with Crippen LogP contribution in [0.2, 0.25) is 0 Å². The zero-order chi connectivity index (χ0) is 43.9. The molecule has 0 aliphatic rings. The maximum Gasteiger partial charge on any atom is 0.472 e. The SMILES string of the molecule is CCCCCCCC/C=C\CCCCCCCCCCCC(=O)OCC(COP(=O)(O)OCCNC)OC(=O)CCCCCCCCCCC/C=C\CCCCCCCC. The van der Waals surface area contributed by atoms with Crippen molar-refractivity contribution in [3.8, 4) is 0 Å². The molecule has 0 heterocycles. The number of carbonyl (C=O) groups excluding carboxylic acids is 2. The van der Waals surface area contributed by atoms with Gasteiger partial charge in [-0.05, 0) is 71.3 Å². The monoisotopic (exact) mass is 870 g/mol. The average molecular weight is 870 g/mol. The first-order valence-electron chi connectivity index (χ1n) is 25.3. The normalized spacial score (nSPS) is 13.3. The van der Waals surface area contributed by atoms with Crippen LogP contribution in [0, 0.1) is 0 Å². The lowest BCUT2D eigenvalue weighted by molar-refractivity contribution is -0.161. The standard InChI is InChI=1S/C50H96NO8P/c1-4-6-8-10-12-14-16-18-20-22-24-26-28-30-32-34-36-38-40-42-49(52)56-46-48(47-58-60(54,55)57-45-44-51-3)59-50(53)43-41-39-37-35-33-31-29-27-25-23-21-19-17-15-13-11-9-7-5-2/h18-21,48,51H,4-17,22-47H2,1-3H3,(H,54,55)/b20-18-,21-19-. The van der Waals surface area contributed by atoms with E-state index in [1.165, 1.54) is 173 Å². The molecule has 10 heteroatoms. The van der Waals surface area contributed by atoms with Crippen molar-refractivity contribution in [1.29, 1.82) is 0 Å². The van der Waals surface area contributed by atoms with Gasteiger partial charge in [-0.1, -0.05) is 192 Å². The molecule has 0 rings (SSSR count). The van der Waals surface area contributed by atoms with Crippen LogP contribution in [0.4, 0.5) is 0 Å². The van der Waals surface area contributed by atoms with Crippen molar-refractivity contribution in [2.75, 3.05) is 33.4 Å². The summed E-state index contributed by atoms with van der Waals surface area (Å²) in [6.45, 7) is 4.25. The Morgan fingerprint density at radius 2 is 0.850 bits per heavy atom. The highest BCUT2D eigenvalue weighted by atomic mass is 31.2. The fourth-order valence-electron chi connectivity index (χ4n) is 7.19. The summed E-state index contributed by atoms with van der Waals surface area (Å²) in [4.78, 5) is 35.2. The van der Waals surface area contributed by atoms with E-state index in [2.05, 4.69) is 43.5 Å².